The average Bonchev–Trinajstić information content (AvgIpc) is 2.91. The zero-order chi connectivity index (χ0) is 20.3. The molecule has 2 unspecified atom stereocenters. The van der Waals surface area contributed by atoms with Crippen molar-refractivity contribution in [2.24, 2.45) is 5.92 Å². The number of ketones is 1. The Hall–Kier alpha value is -2.26. The van der Waals surface area contributed by atoms with Gasteiger partial charge < -0.3 is 15.2 Å². The minimum atomic E-state index is -2.00. The van der Waals surface area contributed by atoms with Gasteiger partial charge in [0.2, 0.25) is 0 Å². The van der Waals surface area contributed by atoms with Crippen LogP contribution in [0.3, 0.4) is 0 Å². The number of hydrogen-bond donors (Lipinski definition) is 2. The van der Waals surface area contributed by atoms with Crippen LogP contribution in [0, 0.1) is 9.49 Å². The normalized spacial score (nSPS) is 18.9. The number of amides is 1. The molecule has 0 aliphatic carbocycles. The van der Waals surface area contributed by atoms with E-state index in [2.05, 4.69) is 27.9 Å². The van der Waals surface area contributed by atoms with Crippen molar-refractivity contribution in [1.82, 2.24) is 0 Å². The molecular weight excluding hydrogens is 473 g/mol. The predicted molar refractivity (Wildman–Crippen MR) is 112 cm³/mol. The highest BCUT2D eigenvalue weighted by molar-refractivity contribution is 14.1. The summed E-state index contributed by atoms with van der Waals surface area (Å²) in [6.07, 6.45) is -0.350. The molecule has 2 aromatic rings. The van der Waals surface area contributed by atoms with E-state index in [1.165, 1.54) is 0 Å². The molecule has 0 radical (unpaired) electrons. The van der Waals surface area contributed by atoms with Crippen LogP contribution in [0.4, 0.5) is 5.69 Å². The van der Waals surface area contributed by atoms with Gasteiger partial charge in [-0.15, -0.1) is 0 Å². The molecule has 0 saturated heterocycles. The van der Waals surface area contributed by atoms with E-state index in [-0.39, 0.29) is 13.0 Å². The number of fused-ring (bicyclic) bond motifs is 1. The van der Waals surface area contributed by atoms with Gasteiger partial charge in [-0.25, -0.2) is 0 Å². The minimum absolute atomic E-state index is 0.142. The molecule has 2 aromatic carbocycles. The van der Waals surface area contributed by atoms with Crippen molar-refractivity contribution in [3.05, 3.63) is 63.2 Å². The zero-order valence-corrected chi connectivity index (χ0v) is 17.4. The average molecular weight is 493 g/mol. The van der Waals surface area contributed by atoms with Crippen LogP contribution in [0.1, 0.15) is 24.5 Å². The molecule has 28 heavy (non-hydrogen) atoms. The van der Waals surface area contributed by atoms with Gasteiger partial charge in [0.05, 0.1) is 6.61 Å². The number of carbonyl (C=O) groups excluding carboxylic acids is 3. The lowest BCUT2D eigenvalue weighted by atomic mass is 9.84. The number of rotatable bonds is 7. The highest BCUT2D eigenvalue weighted by atomic mass is 127. The summed E-state index contributed by atoms with van der Waals surface area (Å²) >= 11 is 2.07. The van der Waals surface area contributed by atoms with Gasteiger partial charge in [0.25, 0.3) is 5.91 Å². The van der Waals surface area contributed by atoms with Gasteiger partial charge in [0.1, 0.15) is 5.92 Å². The van der Waals surface area contributed by atoms with Gasteiger partial charge in [-0.1, -0.05) is 30.3 Å². The molecule has 0 fully saturated rings. The molecule has 7 heteroatoms. The number of ether oxygens (including phenoxy) is 1. The molecule has 3 rings (SSSR count). The minimum Gasteiger partial charge on any atom is -0.465 e. The number of hydrogen-bond acceptors (Lipinski definition) is 5. The molecule has 2 N–H and O–H groups in total. The Kier molecular flexibility index (Phi) is 6.14. The smallest absolute Gasteiger partial charge is 0.316 e. The monoisotopic (exact) mass is 493 g/mol. The Bertz CT molecular complexity index is 914. The summed E-state index contributed by atoms with van der Waals surface area (Å²) in [6.45, 7) is 1.81. The molecule has 1 aliphatic heterocycles. The van der Waals surface area contributed by atoms with Gasteiger partial charge >= 0.3 is 5.97 Å². The van der Waals surface area contributed by atoms with E-state index in [1.54, 1.807) is 25.1 Å². The second-order valence-corrected chi connectivity index (χ2v) is 7.89. The van der Waals surface area contributed by atoms with Crippen molar-refractivity contribution >= 4 is 45.9 Å². The van der Waals surface area contributed by atoms with Crippen molar-refractivity contribution in [2.45, 2.75) is 25.4 Å². The van der Waals surface area contributed by atoms with E-state index in [0.717, 1.165) is 9.13 Å². The number of anilines is 1. The molecule has 1 heterocycles. The predicted octanol–water partition coefficient (Wildman–Crippen LogP) is 2.81. The number of benzene rings is 2. The first-order valence-corrected chi connectivity index (χ1v) is 10.00. The third kappa shape index (κ3) is 4.10. The van der Waals surface area contributed by atoms with Crippen LogP contribution in [0.25, 0.3) is 0 Å². The zero-order valence-electron chi connectivity index (χ0n) is 15.3. The van der Waals surface area contributed by atoms with Crippen LogP contribution in [-0.4, -0.2) is 29.4 Å². The summed E-state index contributed by atoms with van der Waals surface area (Å²) < 4.78 is 5.89. The molecule has 2 atom stereocenters. The van der Waals surface area contributed by atoms with E-state index >= 15 is 0 Å². The highest BCUT2D eigenvalue weighted by Crippen LogP contribution is 2.40. The summed E-state index contributed by atoms with van der Waals surface area (Å²) in [5, 5.41) is 13.6. The van der Waals surface area contributed by atoms with E-state index in [4.69, 9.17) is 4.74 Å². The molecule has 0 aromatic heterocycles. The summed E-state index contributed by atoms with van der Waals surface area (Å²) in [4.78, 5) is 37.9. The van der Waals surface area contributed by atoms with Crippen LogP contribution in [0.15, 0.2) is 48.5 Å². The van der Waals surface area contributed by atoms with Crippen molar-refractivity contribution in [2.75, 3.05) is 11.9 Å². The van der Waals surface area contributed by atoms with Gasteiger partial charge in [0.15, 0.2) is 11.4 Å². The molecule has 1 aliphatic rings. The summed E-state index contributed by atoms with van der Waals surface area (Å²) in [6, 6.07) is 14.2. The molecule has 146 valence electrons. The quantitative estimate of drug-likeness (QED) is 0.352. The van der Waals surface area contributed by atoms with E-state index in [9.17, 15) is 19.5 Å². The molecular formula is C21H20INO5. The fourth-order valence-electron chi connectivity index (χ4n) is 3.29. The molecule has 0 bridgehead atoms. The van der Waals surface area contributed by atoms with Crippen LogP contribution < -0.4 is 5.32 Å². The van der Waals surface area contributed by atoms with E-state index in [1.807, 2.05) is 30.3 Å². The van der Waals surface area contributed by atoms with Crippen molar-refractivity contribution in [1.29, 1.82) is 0 Å². The van der Waals surface area contributed by atoms with Crippen LogP contribution >= 0.6 is 22.6 Å². The Morgan fingerprint density at radius 3 is 2.61 bits per heavy atom. The fourth-order valence-corrected chi connectivity index (χ4v) is 3.78. The lowest BCUT2D eigenvalue weighted by molar-refractivity contribution is -0.154. The van der Waals surface area contributed by atoms with Crippen molar-refractivity contribution in [3.63, 3.8) is 0 Å². The van der Waals surface area contributed by atoms with E-state index in [0.29, 0.717) is 11.3 Å². The highest BCUT2D eigenvalue weighted by Gasteiger charge is 2.48. The number of aliphatic hydroxyl groups is 1. The standard InChI is InChI=1S/C21H20INO5/c1-2-28-19(25)15(10-13-6-4-3-5-7-13)18(24)12-21(27)16-11-14(22)8-9-17(16)23-20(21)26/h3-9,11,15,27H,2,10,12H2,1H3,(H,23,26). The first kappa shape index (κ1) is 20.5. The second-order valence-electron chi connectivity index (χ2n) is 6.64. The molecule has 6 nitrogen and oxygen atoms in total. The topological polar surface area (TPSA) is 92.7 Å². The number of carbonyl (C=O) groups is 3. The lowest BCUT2D eigenvalue weighted by Crippen LogP contribution is -2.40. The lowest BCUT2D eigenvalue weighted by Gasteiger charge is -2.23. The van der Waals surface area contributed by atoms with Gasteiger partial charge in [-0.3, -0.25) is 14.4 Å². The Morgan fingerprint density at radius 1 is 1.21 bits per heavy atom. The summed E-state index contributed by atoms with van der Waals surface area (Å²) in [5.41, 5.74) is -0.391. The number of halogens is 1. The maximum atomic E-state index is 13.0. The van der Waals surface area contributed by atoms with Crippen LogP contribution in [-0.2, 0) is 31.1 Å². The maximum Gasteiger partial charge on any atom is 0.316 e. The van der Waals surface area contributed by atoms with Crippen LogP contribution in [0.5, 0.6) is 0 Å². The Morgan fingerprint density at radius 2 is 1.93 bits per heavy atom. The van der Waals surface area contributed by atoms with Gasteiger partial charge in [-0.2, -0.15) is 0 Å². The third-order valence-corrected chi connectivity index (χ3v) is 5.39. The fraction of sp³-hybridized carbons (Fsp3) is 0.286. The van der Waals surface area contributed by atoms with Crippen LogP contribution in [0.2, 0.25) is 0 Å². The molecule has 0 spiro atoms. The second kappa shape index (κ2) is 8.40. The van der Waals surface area contributed by atoms with Gasteiger partial charge in [-0.05, 0) is 59.7 Å². The number of Topliss-reactive ketones (excluding diaryl/α,β-unsaturated/α-hetero) is 1. The number of esters is 1. The third-order valence-electron chi connectivity index (χ3n) is 4.72. The first-order chi connectivity index (χ1) is 13.3. The summed E-state index contributed by atoms with van der Waals surface area (Å²) in [7, 11) is 0. The largest absolute Gasteiger partial charge is 0.465 e. The maximum absolute atomic E-state index is 13.0. The molecule has 1 amide bonds. The molecule has 0 saturated carbocycles. The Labute approximate surface area is 176 Å². The van der Waals surface area contributed by atoms with Gasteiger partial charge in [0, 0.05) is 21.2 Å². The first-order valence-electron chi connectivity index (χ1n) is 8.92. The van der Waals surface area contributed by atoms with Crippen molar-refractivity contribution < 1.29 is 24.2 Å². The SMILES string of the molecule is CCOC(=O)C(Cc1ccccc1)C(=O)CC1(O)C(=O)Nc2ccc(I)cc21. The Balaban J connectivity index is 1.88. The van der Waals surface area contributed by atoms with E-state index < -0.39 is 35.6 Å². The number of nitrogens with one attached hydrogen (secondary N) is 1. The van der Waals surface area contributed by atoms with Crippen molar-refractivity contribution in [3.8, 4) is 0 Å². The summed E-state index contributed by atoms with van der Waals surface area (Å²) in [5.74, 6) is -2.95.